The largest absolute Gasteiger partial charge is 0.304 e. The van der Waals surface area contributed by atoms with E-state index in [1.807, 2.05) is 23.6 Å². The number of nitrogens with one attached hydrogen (secondary N) is 1. The molecule has 3 rings (SSSR count). The number of hydrogen-bond donors (Lipinski definition) is 1. The SMILES string of the molecule is CCc1cccnc1CNC1CCCc2sccc21. The van der Waals surface area contributed by atoms with E-state index in [-0.39, 0.29) is 0 Å². The van der Waals surface area contributed by atoms with Gasteiger partial charge in [-0.3, -0.25) is 4.98 Å². The lowest BCUT2D eigenvalue weighted by atomic mass is 9.94. The molecule has 1 atom stereocenters. The molecule has 0 spiro atoms. The molecule has 1 aliphatic carbocycles. The summed E-state index contributed by atoms with van der Waals surface area (Å²) < 4.78 is 0. The van der Waals surface area contributed by atoms with E-state index in [9.17, 15) is 0 Å². The van der Waals surface area contributed by atoms with E-state index >= 15 is 0 Å². The molecule has 1 unspecified atom stereocenters. The summed E-state index contributed by atoms with van der Waals surface area (Å²) in [4.78, 5) is 6.09. The quantitative estimate of drug-likeness (QED) is 0.914. The molecule has 3 heteroatoms. The Morgan fingerprint density at radius 1 is 1.42 bits per heavy atom. The summed E-state index contributed by atoms with van der Waals surface area (Å²) in [5, 5.41) is 5.92. The highest BCUT2D eigenvalue weighted by Crippen LogP contribution is 2.33. The number of pyridine rings is 1. The molecule has 0 fully saturated rings. The minimum absolute atomic E-state index is 0.515. The fraction of sp³-hybridized carbons (Fsp3) is 0.438. The Kier molecular flexibility index (Phi) is 3.95. The zero-order valence-electron chi connectivity index (χ0n) is 11.4. The zero-order chi connectivity index (χ0) is 13.1. The van der Waals surface area contributed by atoms with Crippen LogP contribution in [0.25, 0.3) is 0 Å². The van der Waals surface area contributed by atoms with Gasteiger partial charge < -0.3 is 5.32 Å². The second-order valence-electron chi connectivity index (χ2n) is 5.09. The molecule has 2 aromatic heterocycles. The first-order valence-electron chi connectivity index (χ1n) is 7.11. The van der Waals surface area contributed by atoms with Crippen LogP contribution >= 0.6 is 11.3 Å². The molecule has 1 aliphatic rings. The maximum Gasteiger partial charge on any atom is 0.0573 e. The first-order chi connectivity index (χ1) is 9.38. The number of rotatable bonds is 4. The van der Waals surface area contributed by atoms with E-state index in [0.717, 1.165) is 13.0 Å². The average molecular weight is 272 g/mol. The van der Waals surface area contributed by atoms with Gasteiger partial charge in [0.05, 0.1) is 5.69 Å². The number of nitrogens with zero attached hydrogens (tertiary/aromatic N) is 1. The molecule has 2 heterocycles. The number of aryl methyl sites for hydroxylation is 2. The molecular weight excluding hydrogens is 252 g/mol. The third-order valence-electron chi connectivity index (χ3n) is 3.93. The van der Waals surface area contributed by atoms with Crippen molar-refractivity contribution in [1.82, 2.24) is 10.3 Å². The Morgan fingerprint density at radius 3 is 3.26 bits per heavy atom. The lowest BCUT2D eigenvalue weighted by molar-refractivity contribution is 0.459. The van der Waals surface area contributed by atoms with Crippen LogP contribution in [0.3, 0.4) is 0 Å². The Labute approximate surface area is 118 Å². The lowest BCUT2D eigenvalue weighted by Crippen LogP contribution is -2.24. The van der Waals surface area contributed by atoms with Crippen LogP contribution in [-0.2, 0) is 19.4 Å². The summed E-state index contributed by atoms with van der Waals surface area (Å²) in [7, 11) is 0. The molecule has 0 aromatic carbocycles. The Balaban J connectivity index is 1.71. The van der Waals surface area contributed by atoms with Crippen molar-refractivity contribution in [2.75, 3.05) is 0 Å². The predicted octanol–water partition coefficient (Wildman–Crippen LogP) is 3.87. The third-order valence-corrected chi connectivity index (χ3v) is 4.93. The molecule has 0 saturated heterocycles. The van der Waals surface area contributed by atoms with Crippen LogP contribution in [0.4, 0.5) is 0 Å². The van der Waals surface area contributed by atoms with Crippen LogP contribution in [0.5, 0.6) is 0 Å². The van der Waals surface area contributed by atoms with Gasteiger partial charge in [0.15, 0.2) is 0 Å². The van der Waals surface area contributed by atoms with Gasteiger partial charge in [-0.25, -0.2) is 0 Å². The fourth-order valence-electron chi connectivity index (χ4n) is 2.87. The normalized spacial score (nSPS) is 18.3. The van der Waals surface area contributed by atoms with Crippen molar-refractivity contribution in [3.05, 3.63) is 51.5 Å². The van der Waals surface area contributed by atoms with E-state index < -0.39 is 0 Å². The maximum absolute atomic E-state index is 4.52. The highest BCUT2D eigenvalue weighted by molar-refractivity contribution is 7.10. The van der Waals surface area contributed by atoms with Crippen LogP contribution in [-0.4, -0.2) is 4.98 Å². The van der Waals surface area contributed by atoms with Crippen LogP contribution in [0, 0.1) is 0 Å². The van der Waals surface area contributed by atoms with E-state index in [1.54, 1.807) is 4.88 Å². The van der Waals surface area contributed by atoms with Crippen LogP contribution in [0.2, 0.25) is 0 Å². The second-order valence-corrected chi connectivity index (χ2v) is 6.09. The molecule has 0 bridgehead atoms. The molecule has 0 saturated carbocycles. The van der Waals surface area contributed by atoms with Gasteiger partial charge >= 0.3 is 0 Å². The van der Waals surface area contributed by atoms with Gasteiger partial charge in [0.1, 0.15) is 0 Å². The summed E-state index contributed by atoms with van der Waals surface area (Å²) in [6.45, 7) is 3.07. The standard InChI is InChI=1S/C16H20N2S/c1-2-12-5-4-9-17-15(12)11-18-14-6-3-7-16-13(14)8-10-19-16/h4-5,8-10,14,18H,2-3,6-7,11H2,1H3. The molecule has 19 heavy (non-hydrogen) atoms. The third kappa shape index (κ3) is 2.72. The first-order valence-corrected chi connectivity index (χ1v) is 7.99. The van der Waals surface area contributed by atoms with Crippen LogP contribution in [0.1, 0.15) is 47.5 Å². The summed E-state index contributed by atoms with van der Waals surface area (Å²) >= 11 is 1.90. The van der Waals surface area contributed by atoms with Gasteiger partial charge in [-0.15, -0.1) is 11.3 Å². The smallest absolute Gasteiger partial charge is 0.0573 e. The lowest BCUT2D eigenvalue weighted by Gasteiger charge is -2.24. The molecule has 0 aliphatic heterocycles. The van der Waals surface area contributed by atoms with E-state index in [4.69, 9.17) is 0 Å². The molecule has 0 radical (unpaired) electrons. The summed E-state index contributed by atoms with van der Waals surface area (Å²) in [6.07, 6.45) is 6.76. The number of hydrogen-bond acceptors (Lipinski definition) is 3. The Bertz CT molecular complexity index is 547. The summed E-state index contributed by atoms with van der Waals surface area (Å²) in [5.41, 5.74) is 4.08. The topological polar surface area (TPSA) is 24.9 Å². The Hall–Kier alpha value is -1.19. The molecule has 100 valence electrons. The van der Waals surface area contributed by atoms with Gasteiger partial charge in [0, 0.05) is 23.7 Å². The van der Waals surface area contributed by atoms with Crippen molar-refractivity contribution in [2.45, 2.75) is 45.2 Å². The molecular formula is C16H20N2S. The molecule has 2 aromatic rings. The van der Waals surface area contributed by atoms with Gasteiger partial charge in [-0.2, -0.15) is 0 Å². The van der Waals surface area contributed by atoms with Crippen molar-refractivity contribution < 1.29 is 0 Å². The summed E-state index contributed by atoms with van der Waals surface area (Å²) in [5.74, 6) is 0. The molecule has 0 amide bonds. The van der Waals surface area contributed by atoms with Gasteiger partial charge in [0.2, 0.25) is 0 Å². The number of fused-ring (bicyclic) bond motifs is 1. The summed E-state index contributed by atoms with van der Waals surface area (Å²) in [6, 6.07) is 7.01. The van der Waals surface area contributed by atoms with E-state index in [0.29, 0.717) is 6.04 Å². The van der Waals surface area contributed by atoms with Gasteiger partial charge in [0.25, 0.3) is 0 Å². The minimum atomic E-state index is 0.515. The molecule has 2 nitrogen and oxygen atoms in total. The number of aromatic nitrogens is 1. The Morgan fingerprint density at radius 2 is 2.37 bits per heavy atom. The van der Waals surface area contributed by atoms with Crippen LogP contribution < -0.4 is 5.32 Å². The fourth-order valence-corrected chi connectivity index (χ4v) is 3.86. The highest BCUT2D eigenvalue weighted by atomic mass is 32.1. The van der Waals surface area contributed by atoms with Gasteiger partial charge in [-0.1, -0.05) is 13.0 Å². The second kappa shape index (κ2) is 5.85. The predicted molar refractivity (Wildman–Crippen MR) is 80.5 cm³/mol. The van der Waals surface area contributed by atoms with Crippen molar-refractivity contribution >= 4 is 11.3 Å². The molecule has 1 N–H and O–H groups in total. The van der Waals surface area contributed by atoms with Crippen molar-refractivity contribution in [1.29, 1.82) is 0 Å². The van der Waals surface area contributed by atoms with E-state index in [1.165, 1.54) is 36.1 Å². The maximum atomic E-state index is 4.52. The van der Waals surface area contributed by atoms with Gasteiger partial charge in [-0.05, 0) is 54.3 Å². The zero-order valence-corrected chi connectivity index (χ0v) is 12.2. The first kappa shape index (κ1) is 12.8. The average Bonchev–Trinajstić information content (AvgIpc) is 2.94. The minimum Gasteiger partial charge on any atom is -0.304 e. The van der Waals surface area contributed by atoms with E-state index in [2.05, 4.69) is 34.7 Å². The van der Waals surface area contributed by atoms with Crippen LogP contribution in [0.15, 0.2) is 29.8 Å². The van der Waals surface area contributed by atoms with Crippen molar-refractivity contribution in [3.63, 3.8) is 0 Å². The monoisotopic (exact) mass is 272 g/mol. The van der Waals surface area contributed by atoms with Crippen molar-refractivity contribution in [3.8, 4) is 0 Å². The highest BCUT2D eigenvalue weighted by Gasteiger charge is 2.20. The number of thiophene rings is 1. The van der Waals surface area contributed by atoms with Crippen molar-refractivity contribution in [2.24, 2.45) is 0 Å².